The van der Waals surface area contributed by atoms with Gasteiger partial charge in [-0.3, -0.25) is 14.4 Å². The van der Waals surface area contributed by atoms with Crippen molar-refractivity contribution in [3.8, 4) is 11.1 Å². The highest BCUT2D eigenvalue weighted by Gasteiger charge is 2.27. The number of benzene rings is 2. The molecular formula is C32H41N3O3. The number of carbonyl (C=O) groups is 2. The van der Waals surface area contributed by atoms with E-state index in [1.807, 2.05) is 51.0 Å². The molecule has 38 heavy (non-hydrogen) atoms. The van der Waals surface area contributed by atoms with Gasteiger partial charge in [0.1, 0.15) is 11.8 Å². The molecule has 0 aliphatic carbocycles. The molecule has 1 N–H and O–H groups in total. The van der Waals surface area contributed by atoms with E-state index < -0.39 is 12.1 Å². The minimum absolute atomic E-state index is 0.0154. The summed E-state index contributed by atoms with van der Waals surface area (Å²) in [5, 5.41) is 3.13. The van der Waals surface area contributed by atoms with Gasteiger partial charge < -0.3 is 14.8 Å². The number of nitrogens with one attached hydrogen (secondary N) is 1. The van der Waals surface area contributed by atoms with Crippen LogP contribution in [0.5, 0.6) is 0 Å². The van der Waals surface area contributed by atoms with Crippen LogP contribution in [0, 0.1) is 19.8 Å². The van der Waals surface area contributed by atoms with Crippen LogP contribution >= 0.6 is 0 Å². The van der Waals surface area contributed by atoms with Crippen molar-refractivity contribution in [3.63, 3.8) is 0 Å². The van der Waals surface area contributed by atoms with Crippen LogP contribution in [0.2, 0.25) is 0 Å². The summed E-state index contributed by atoms with van der Waals surface area (Å²) in [5.74, 6) is -0.0846. The molecule has 1 aromatic heterocycles. The van der Waals surface area contributed by atoms with Gasteiger partial charge in [-0.2, -0.15) is 0 Å². The normalized spacial score (nSPS) is 13.0. The van der Waals surface area contributed by atoms with Crippen molar-refractivity contribution in [1.82, 2.24) is 14.8 Å². The minimum atomic E-state index is -0.680. The molecule has 0 saturated carbocycles. The average molecular weight is 516 g/mol. The molecule has 2 aromatic carbocycles. The Hall–Kier alpha value is -3.51. The summed E-state index contributed by atoms with van der Waals surface area (Å²) in [4.78, 5) is 41.0. The Labute approximate surface area is 226 Å². The van der Waals surface area contributed by atoms with Crippen LogP contribution in [-0.4, -0.2) is 35.3 Å². The number of rotatable bonds is 11. The molecular weight excluding hydrogens is 474 g/mol. The van der Waals surface area contributed by atoms with Crippen LogP contribution in [0.1, 0.15) is 68.0 Å². The van der Waals surface area contributed by atoms with Gasteiger partial charge in [0.05, 0.1) is 6.04 Å². The van der Waals surface area contributed by atoms with Gasteiger partial charge in [-0.15, -0.1) is 0 Å². The summed E-state index contributed by atoms with van der Waals surface area (Å²) in [6.07, 6.45) is 2.47. The highest BCUT2D eigenvalue weighted by Crippen LogP contribution is 2.30. The smallest absolute Gasteiger partial charge is 0.251 e. The second-order valence-electron chi connectivity index (χ2n) is 11.0. The summed E-state index contributed by atoms with van der Waals surface area (Å²) < 4.78 is 1.55. The number of aryl methyl sites for hydroxylation is 2. The maximum Gasteiger partial charge on any atom is 0.251 e. The van der Waals surface area contributed by atoms with Gasteiger partial charge in [0, 0.05) is 25.2 Å². The third-order valence-electron chi connectivity index (χ3n) is 6.70. The summed E-state index contributed by atoms with van der Waals surface area (Å²) in [5.41, 5.74) is 6.15. The lowest BCUT2D eigenvalue weighted by Crippen LogP contribution is -2.40. The molecule has 0 saturated heterocycles. The number of pyridine rings is 1. The summed E-state index contributed by atoms with van der Waals surface area (Å²) in [6.45, 7) is 10.4. The number of hydrogen-bond donors (Lipinski definition) is 1. The van der Waals surface area contributed by atoms with Gasteiger partial charge in [0.2, 0.25) is 5.91 Å². The standard InChI is InChI=1S/C32H41N3O3/c1-21(2)16-29(35-20-25(19-34(6)7)14-15-30(35)37)32(38)33-28(17-24(5)36)26-12-9-13-27(18-26)31-22(3)10-8-11-23(31)4/h8-15,18,20-21,28-29H,16-17,19H2,1-7H3,(H,33,38)/t28-,29-/m0/s1. The predicted molar refractivity (Wildman–Crippen MR) is 154 cm³/mol. The van der Waals surface area contributed by atoms with Crippen LogP contribution in [-0.2, 0) is 16.1 Å². The molecule has 0 aliphatic heterocycles. The second-order valence-corrected chi connectivity index (χ2v) is 11.0. The topological polar surface area (TPSA) is 71.4 Å². The molecule has 0 bridgehead atoms. The van der Waals surface area contributed by atoms with Gasteiger partial charge in [-0.05, 0) is 86.7 Å². The van der Waals surface area contributed by atoms with Crippen molar-refractivity contribution < 1.29 is 9.59 Å². The zero-order valence-electron chi connectivity index (χ0n) is 23.7. The lowest BCUT2D eigenvalue weighted by atomic mass is 9.92. The predicted octanol–water partition coefficient (Wildman–Crippen LogP) is 5.62. The first-order valence-electron chi connectivity index (χ1n) is 13.3. The summed E-state index contributed by atoms with van der Waals surface area (Å²) >= 11 is 0. The monoisotopic (exact) mass is 515 g/mol. The van der Waals surface area contributed by atoms with E-state index in [2.05, 4.69) is 43.4 Å². The van der Waals surface area contributed by atoms with E-state index in [1.165, 1.54) is 24.1 Å². The van der Waals surface area contributed by atoms with Crippen LogP contribution < -0.4 is 10.9 Å². The molecule has 0 spiro atoms. The lowest BCUT2D eigenvalue weighted by molar-refractivity contribution is -0.126. The molecule has 3 rings (SSSR count). The maximum absolute atomic E-state index is 13.8. The zero-order valence-corrected chi connectivity index (χ0v) is 23.7. The van der Waals surface area contributed by atoms with E-state index in [1.54, 1.807) is 16.8 Å². The Bertz CT molecular complexity index is 1320. The minimum Gasteiger partial charge on any atom is -0.347 e. The fourth-order valence-corrected chi connectivity index (χ4v) is 5.03. The number of aromatic nitrogens is 1. The molecule has 1 heterocycles. The molecule has 2 atom stereocenters. The Kier molecular flexibility index (Phi) is 9.81. The number of carbonyl (C=O) groups excluding carboxylic acids is 2. The molecule has 0 aliphatic rings. The molecule has 202 valence electrons. The van der Waals surface area contributed by atoms with E-state index in [-0.39, 0.29) is 29.6 Å². The number of nitrogens with zero attached hydrogens (tertiary/aromatic N) is 2. The molecule has 3 aromatic rings. The molecule has 1 amide bonds. The van der Waals surface area contributed by atoms with Crippen LogP contribution in [0.25, 0.3) is 11.1 Å². The van der Waals surface area contributed by atoms with Crippen molar-refractivity contribution in [2.24, 2.45) is 5.92 Å². The van der Waals surface area contributed by atoms with Crippen LogP contribution in [0.15, 0.2) is 65.6 Å². The van der Waals surface area contributed by atoms with E-state index >= 15 is 0 Å². The highest BCUT2D eigenvalue weighted by molar-refractivity contribution is 5.83. The van der Waals surface area contributed by atoms with Gasteiger partial charge >= 0.3 is 0 Å². The van der Waals surface area contributed by atoms with Crippen LogP contribution in [0.3, 0.4) is 0 Å². The average Bonchev–Trinajstić information content (AvgIpc) is 2.83. The van der Waals surface area contributed by atoms with Gasteiger partial charge in [-0.25, -0.2) is 0 Å². The Morgan fingerprint density at radius 3 is 2.24 bits per heavy atom. The van der Waals surface area contributed by atoms with Crippen molar-refractivity contribution in [2.45, 2.75) is 66.1 Å². The molecule has 0 unspecified atom stereocenters. The van der Waals surface area contributed by atoms with Crippen LogP contribution in [0.4, 0.5) is 0 Å². The van der Waals surface area contributed by atoms with Crippen molar-refractivity contribution in [1.29, 1.82) is 0 Å². The van der Waals surface area contributed by atoms with Gasteiger partial charge in [0.25, 0.3) is 5.56 Å². The number of amides is 1. The molecule has 6 heteroatoms. The molecule has 6 nitrogen and oxygen atoms in total. The molecule has 0 radical (unpaired) electrons. The lowest BCUT2D eigenvalue weighted by Gasteiger charge is -2.26. The van der Waals surface area contributed by atoms with Gasteiger partial charge in [-0.1, -0.05) is 56.3 Å². The zero-order chi connectivity index (χ0) is 28.0. The van der Waals surface area contributed by atoms with E-state index in [9.17, 15) is 14.4 Å². The number of hydrogen-bond acceptors (Lipinski definition) is 4. The second kappa shape index (κ2) is 12.8. The van der Waals surface area contributed by atoms with Gasteiger partial charge in [0.15, 0.2) is 0 Å². The van der Waals surface area contributed by atoms with Crippen molar-refractivity contribution in [2.75, 3.05) is 14.1 Å². The Balaban J connectivity index is 1.99. The first kappa shape index (κ1) is 29.1. The molecule has 0 fully saturated rings. The SMILES string of the molecule is CC(=O)C[C@H](NC(=O)[C@H](CC(C)C)n1cc(CN(C)C)ccc1=O)c1cccc(-c2c(C)cccc2C)c1. The third kappa shape index (κ3) is 7.51. The highest BCUT2D eigenvalue weighted by atomic mass is 16.2. The van der Waals surface area contributed by atoms with E-state index in [4.69, 9.17) is 0 Å². The summed E-state index contributed by atoms with van der Waals surface area (Å²) in [7, 11) is 3.93. The van der Waals surface area contributed by atoms with E-state index in [0.29, 0.717) is 13.0 Å². The fourth-order valence-electron chi connectivity index (χ4n) is 5.03. The Morgan fingerprint density at radius 2 is 1.63 bits per heavy atom. The maximum atomic E-state index is 13.8. The first-order chi connectivity index (χ1) is 18.0. The number of Topliss-reactive ketones (excluding diaryl/α,β-unsaturated/α-hetero) is 1. The third-order valence-corrected chi connectivity index (χ3v) is 6.70. The van der Waals surface area contributed by atoms with Crippen molar-refractivity contribution in [3.05, 3.63) is 93.4 Å². The fraction of sp³-hybridized carbons (Fsp3) is 0.406. The quantitative estimate of drug-likeness (QED) is 0.360. The van der Waals surface area contributed by atoms with Crippen molar-refractivity contribution >= 4 is 11.7 Å². The summed E-state index contributed by atoms with van der Waals surface area (Å²) in [6, 6.07) is 16.4. The van der Waals surface area contributed by atoms with E-state index in [0.717, 1.165) is 22.3 Å². The first-order valence-corrected chi connectivity index (χ1v) is 13.3. The largest absolute Gasteiger partial charge is 0.347 e. The Morgan fingerprint density at radius 1 is 0.974 bits per heavy atom. The number of ketones is 1.